The summed E-state index contributed by atoms with van der Waals surface area (Å²) in [5.74, 6) is 0.972. The Kier molecular flexibility index (Phi) is 2.69. The lowest BCUT2D eigenvalue weighted by Gasteiger charge is -2.26. The summed E-state index contributed by atoms with van der Waals surface area (Å²) in [5.41, 5.74) is 8.12. The van der Waals surface area contributed by atoms with E-state index in [9.17, 15) is 0 Å². The SMILES string of the molecule is Nc1nc(C2=CCCN(CC3CC3)C2)cs1. The first-order valence-corrected chi connectivity index (χ1v) is 6.82. The molecule has 2 N–H and O–H groups in total. The number of nitrogen functional groups attached to an aromatic ring is 1. The molecule has 3 nitrogen and oxygen atoms in total. The van der Waals surface area contributed by atoms with Crippen molar-refractivity contribution in [1.82, 2.24) is 9.88 Å². The van der Waals surface area contributed by atoms with Gasteiger partial charge in [-0.3, -0.25) is 4.90 Å². The van der Waals surface area contributed by atoms with Crippen LogP contribution in [0.4, 0.5) is 5.13 Å². The lowest BCUT2D eigenvalue weighted by Crippen LogP contribution is -2.31. The number of rotatable bonds is 3. The number of hydrogen-bond donors (Lipinski definition) is 1. The van der Waals surface area contributed by atoms with E-state index in [1.54, 1.807) is 0 Å². The van der Waals surface area contributed by atoms with Crippen molar-refractivity contribution in [3.8, 4) is 0 Å². The summed E-state index contributed by atoms with van der Waals surface area (Å²) in [6.45, 7) is 3.54. The molecule has 1 aliphatic heterocycles. The summed E-state index contributed by atoms with van der Waals surface area (Å²) in [5, 5.41) is 2.75. The zero-order valence-electron chi connectivity index (χ0n) is 9.35. The van der Waals surface area contributed by atoms with Crippen LogP contribution in [-0.2, 0) is 0 Å². The third-order valence-corrected chi connectivity index (χ3v) is 3.97. The van der Waals surface area contributed by atoms with Gasteiger partial charge in [0.1, 0.15) is 0 Å². The zero-order chi connectivity index (χ0) is 11.0. The van der Waals surface area contributed by atoms with E-state index in [1.165, 1.54) is 42.8 Å². The van der Waals surface area contributed by atoms with E-state index in [1.807, 2.05) is 0 Å². The topological polar surface area (TPSA) is 42.1 Å². The molecule has 16 heavy (non-hydrogen) atoms. The van der Waals surface area contributed by atoms with Gasteiger partial charge in [0.2, 0.25) is 0 Å². The molecule has 0 saturated heterocycles. The van der Waals surface area contributed by atoms with Gasteiger partial charge >= 0.3 is 0 Å². The van der Waals surface area contributed by atoms with Crippen LogP contribution in [0.25, 0.3) is 5.57 Å². The third-order valence-electron chi connectivity index (χ3n) is 3.29. The van der Waals surface area contributed by atoms with Crippen LogP contribution in [0.2, 0.25) is 0 Å². The molecule has 2 heterocycles. The molecule has 3 rings (SSSR count). The molecule has 0 radical (unpaired) electrons. The maximum absolute atomic E-state index is 5.68. The van der Waals surface area contributed by atoms with Crippen LogP contribution >= 0.6 is 11.3 Å². The van der Waals surface area contributed by atoms with Crippen LogP contribution in [0.1, 0.15) is 25.0 Å². The van der Waals surface area contributed by atoms with E-state index in [0.29, 0.717) is 5.13 Å². The molecule has 86 valence electrons. The summed E-state index contributed by atoms with van der Waals surface area (Å²) >= 11 is 1.53. The molecular weight excluding hydrogens is 218 g/mol. The first-order valence-electron chi connectivity index (χ1n) is 5.94. The van der Waals surface area contributed by atoms with Crippen molar-refractivity contribution in [2.24, 2.45) is 5.92 Å². The molecule has 0 unspecified atom stereocenters. The molecule has 0 bridgehead atoms. The number of nitrogens with two attached hydrogens (primary N) is 1. The first kappa shape index (κ1) is 10.3. The van der Waals surface area contributed by atoms with E-state index >= 15 is 0 Å². The number of nitrogens with zero attached hydrogens (tertiary/aromatic N) is 2. The highest BCUT2D eigenvalue weighted by Crippen LogP contribution is 2.31. The largest absolute Gasteiger partial charge is 0.375 e. The summed E-state index contributed by atoms with van der Waals surface area (Å²) in [4.78, 5) is 6.92. The van der Waals surface area contributed by atoms with Gasteiger partial charge in [0.05, 0.1) is 5.69 Å². The highest BCUT2D eigenvalue weighted by molar-refractivity contribution is 7.13. The average molecular weight is 235 g/mol. The standard InChI is InChI=1S/C12H17N3S/c13-12-14-11(8-16-12)10-2-1-5-15(7-10)6-9-3-4-9/h2,8-9H,1,3-7H2,(H2,13,14). The second kappa shape index (κ2) is 4.18. The van der Waals surface area contributed by atoms with E-state index in [4.69, 9.17) is 5.73 Å². The monoisotopic (exact) mass is 235 g/mol. The maximum atomic E-state index is 5.68. The highest BCUT2D eigenvalue weighted by atomic mass is 32.1. The molecule has 2 aliphatic rings. The Balaban J connectivity index is 1.68. The van der Waals surface area contributed by atoms with Crippen LogP contribution < -0.4 is 5.73 Å². The fraction of sp³-hybridized carbons (Fsp3) is 0.583. The number of aromatic nitrogens is 1. The van der Waals surface area contributed by atoms with Gasteiger partial charge in [0.15, 0.2) is 5.13 Å². The molecular formula is C12H17N3S. The predicted octanol–water partition coefficient (Wildman–Crippen LogP) is 2.22. The minimum Gasteiger partial charge on any atom is -0.375 e. The molecule has 0 spiro atoms. The summed E-state index contributed by atoms with van der Waals surface area (Å²) in [6.07, 6.45) is 6.33. The number of hydrogen-bond acceptors (Lipinski definition) is 4. The van der Waals surface area contributed by atoms with Crippen LogP contribution in [-0.4, -0.2) is 29.5 Å². The lowest BCUT2D eigenvalue weighted by atomic mass is 10.1. The maximum Gasteiger partial charge on any atom is 0.180 e. The Morgan fingerprint density at radius 3 is 3.06 bits per heavy atom. The van der Waals surface area contributed by atoms with Gasteiger partial charge in [-0.25, -0.2) is 4.98 Å². The molecule has 1 saturated carbocycles. The van der Waals surface area contributed by atoms with Gasteiger partial charge in [-0.15, -0.1) is 11.3 Å². The first-order chi connectivity index (χ1) is 7.81. The van der Waals surface area contributed by atoms with E-state index in [0.717, 1.165) is 24.6 Å². The van der Waals surface area contributed by atoms with Crippen molar-refractivity contribution >= 4 is 22.0 Å². The molecule has 1 fully saturated rings. The molecule has 1 aliphatic carbocycles. The van der Waals surface area contributed by atoms with Crippen molar-refractivity contribution < 1.29 is 0 Å². The average Bonchev–Trinajstić information content (AvgIpc) is 2.98. The van der Waals surface area contributed by atoms with Crippen LogP contribution in [0.5, 0.6) is 0 Å². The van der Waals surface area contributed by atoms with E-state index in [2.05, 4.69) is 21.3 Å². The zero-order valence-corrected chi connectivity index (χ0v) is 10.2. The van der Waals surface area contributed by atoms with Crippen LogP contribution in [0, 0.1) is 5.92 Å². The normalized spacial score (nSPS) is 22.1. The summed E-state index contributed by atoms with van der Waals surface area (Å²) in [6, 6.07) is 0. The fourth-order valence-electron chi connectivity index (χ4n) is 2.25. The number of thiazole rings is 1. The molecule has 1 aromatic heterocycles. The lowest BCUT2D eigenvalue weighted by molar-refractivity contribution is 0.292. The van der Waals surface area contributed by atoms with E-state index < -0.39 is 0 Å². The second-order valence-electron chi connectivity index (χ2n) is 4.77. The third kappa shape index (κ3) is 2.28. The second-order valence-corrected chi connectivity index (χ2v) is 5.66. The van der Waals surface area contributed by atoms with Gasteiger partial charge in [0, 0.05) is 25.0 Å². The quantitative estimate of drug-likeness (QED) is 0.873. The Morgan fingerprint density at radius 1 is 1.50 bits per heavy atom. The van der Waals surface area contributed by atoms with Gasteiger partial charge < -0.3 is 5.73 Å². The smallest absolute Gasteiger partial charge is 0.180 e. The Labute approximate surface area is 100.0 Å². The molecule has 1 aromatic rings. The summed E-state index contributed by atoms with van der Waals surface area (Å²) in [7, 11) is 0. The van der Waals surface area contributed by atoms with Gasteiger partial charge in [0.25, 0.3) is 0 Å². The molecule has 4 heteroatoms. The van der Waals surface area contributed by atoms with Crippen LogP contribution in [0.15, 0.2) is 11.5 Å². The van der Waals surface area contributed by atoms with Gasteiger partial charge in [-0.2, -0.15) is 0 Å². The highest BCUT2D eigenvalue weighted by Gasteiger charge is 2.25. The fourth-order valence-corrected chi connectivity index (χ4v) is 2.84. The van der Waals surface area contributed by atoms with Crippen molar-refractivity contribution in [2.45, 2.75) is 19.3 Å². The minimum atomic E-state index is 0.676. The Hall–Kier alpha value is -0.870. The predicted molar refractivity (Wildman–Crippen MR) is 68.3 cm³/mol. The van der Waals surface area contributed by atoms with Crippen molar-refractivity contribution in [1.29, 1.82) is 0 Å². The summed E-state index contributed by atoms with van der Waals surface area (Å²) < 4.78 is 0. The van der Waals surface area contributed by atoms with E-state index in [-0.39, 0.29) is 0 Å². The Morgan fingerprint density at radius 2 is 2.38 bits per heavy atom. The van der Waals surface area contributed by atoms with Gasteiger partial charge in [-0.05, 0) is 30.8 Å². The van der Waals surface area contributed by atoms with Crippen molar-refractivity contribution in [3.05, 3.63) is 17.2 Å². The molecule has 0 amide bonds. The van der Waals surface area contributed by atoms with Crippen molar-refractivity contribution in [3.63, 3.8) is 0 Å². The molecule has 0 atom stereocenters. The minimum absolute atomic E-state index is 0.676. The van der Waals surface area contributed by atoms with Gasteiger partial charge in [-0.1, -0.05) is 6.08 Å². The number of anilines is 1. The Bertz CT molecular complexity index is 406. The van der Waals surface area contributed by atoms with Crippen LogP contribution in [0.3, 0.4) is 0 Å². The van der Waals surface area contributed by atoms with Crippen molar-refractivity contribution in [2.75, 3.05) is 25.4 Å². The molecule has 0 aromatic carbocycles.